The van der Waals surface area contributed by atoms with Crippen LogP contribution in [-0.4, -0.2) is 43.3 Å². The first kappa shape index (κ1) is 41.6. The second-order valence-corrected chi connectivity index (χ2v) is 21.5. The van der Waals surface area contributed by atoms with E-state index in [0.29, 0.717) is 30.4 Å². The Morgan fingerprint density at radius 3 is 1.67 bits per heavy atom. The molecule has 0 aliphatic heterocycles. The summed E-state index contributed by atoms with van der Waals surface area (Å²) in [5.74, 6) is 0.193. The molecule has 7 heteroatoms. The van der Waals surface area contributed by atoms with Crippen LogP contribution in [0.3, 0.4) is 0 Å². The number of fused-ring (bicyclic) bond motifs is 5. The number of hydrogen-bond donors (Lipinski definition) is 1. The van der Waals surface area contributed by atoms with E-state index in [1.165, 1.54) is 50.2 Å². The van der Waals surface area contributed by atoms with Gasteiger partial charge >= 0.3 is 17.9 Å². The van der Waals surface area contributed by atoms with Crippen molar-refractivity contribution in [2.75, 3.05) is 7.11 Å². The summed E-state index contributed by atoms with van der Waals surface area (Å²) in [6.45, 7) is 7.09. The molecule has 66 heavy (non-hydrogen) atoms. The predicted molar refractivity (Wildman–Crippen MR) is 263 cm³/mol. The van der Waals surface area contributed by atoms with Crippen LogP contribution >= 0.6 is 0 Å². The van der Waals surface area contributed by atoms with Gasteiger partial charge in [0.1, 0.15) is 12.2 Å². The highest BCUT2D eigenvalue weighted by Crippen LogP contribution is 2.69. The number of rotatable bonds is 8. The minimum Gasteiger partial charge on any atom is -0.469 e. The van der Waals surface area contributed by atoms with Crippen LogP contribution < -0.4 is 5.73 Å². The maximum absolute atomic E-state index is 14.9. The molecule has 8 aromatic carbocycles. The average molecular weight is 878 g/mol. The number of carbonyl (C=O) groups is 3. The van der Waals surface area contributed by atoms with Crippen LogP contribution in [0.5, 0.6) is 0 Å². The molecule has 0 saturated heterocycles. The molecular weight excluding hydrogens is 819 g/mol. The molecule has 0 bridgehead atoms. The van der Waals surface area contributed by atoms with Gasteiger partial charge in [0.05, 0.1) is 18.2 Å². The summed E-state index contributed by atoms with van der Waals surface area (Å²) in [6, 6.07) is 38.0. The number of methoxy groups -OCH3 is 1. The Morgan fingerprint density at radius 1 is 0.636 bits per heavy atom. The number of ether oxygens (including phenoxy) is 3. The molecule has 4 fully saturated rings. The van der Waals surface area contributed by atoms with E-state index < -0.39 is 5.41 Å². The van der Waals surface area contributed by atoms with Crippen LogP contribution in [0.1, 0.15) is 99.3 Å². The summed E-state index contributed by atoms with van der Waals surface area (Å²) in [4.78, 5) is 42.3. The van der Waals surface area contributed by atoms with Gasteiger partial charge in [-0.15, -0.1) is 0 Å². The van der Waals surface area contributed by atoms with Gasteiger partial charge in [0.2, 0.25) is 0 Å². The molecule has 0 radical (unpaired) electrons. The smallest absolute Gasteiger partial charge is 0.338 e. The number of nitrogens with two attached hydrogens (primary N) is 1. The van der Waals surface area contributed by atoms with Crippen LogP contribution in [0.25, 0.3) is 64.6 Å². The number of benzene rings is 8. The molecule has 4 aliphatic carbocycles. The topological polar surface area (TPSA) is 105 Å². The largest absolute Gasteiger partial charge is 0.469 e. The first-order chi connectivity index (χ1) is 31.9. The van der Waals surface area contributed by atoms with Crippen molar-refractivity contribution in [3.05, 3.63) is 120 Å². The average Bonchev–Trinajstić information content (AvgIpc) is 3.70. The monoisotopic (exact) mass is 877 g/mol. The lowest BCUT2D eigenvalue weighted by molar-refractivity contribution is -0.202. The Hall–Kier alpha value is -5.79. The molecule has 12 rings (SSSR count). The van der Waals surface area contributed by atoms with E-state index >= 15 is 0 Å². The lowest BCUT2D eigenvalue weighted by Gasteiger charge is -2.64. The van der Waals surface area contributed by atoms with Gasteiger partial charge in [-0.2, -0.15) is 0 Å². The van der Waals surface area contributed by atoms with Crippen molar-refractivity contribution in [3.63, 3.8) is 0 Å². The maximum Gasteiger partial charge on any atom is 0.338 e. The highest BCUT2D eigenvalue weighted by atomic mass is 16.6. The molecule has 0 unspecified atom stereocenters. The van der Waals surface area contributed by atoms with Gasteiger partial charge in [-0.25, -0.2) is 9.59 Å². The molecule has 336 valence electrons. The van der Waals surface area contributed by atoms with E-state index in [0.717, 1.165) is 60.1 Å². The van der Waals surface area contributed by atoms with Crippen LogP contribution in [0.4, 0.5) is 0 Å². The van der Waals surface area contributed by atoms with Crippen molar-refractivity contribution >= 4 is 82.5 Å². The first-order valence-corrected chi connectivity index (χ1v) is 24.5. The van der Waals surface area contributed by atoms with Crippen molar-refractivity contribution in [2.24, 2.45) is 52.1 Å². The van der Waals surface area contributed by atoms with Crippen LogP contribution in [0.2, 0.25) is 0 Å². The highest BCUT2D eigenvalue weighted by molar-refractivity contribution is 6.25. The number of hydrogen-bond acceptors (Lipinski definition) is 7. The van der Waals surface area contributed by atoms with Gasteiger partial charge in [0.15, 0.2) is 0 Å². The fourth-order valence-electron chi connectivity index (χ4n) is 15.2. The van der Waals surface area contributed by atoms with Crippen molar-refractivity contribution < 1.29 is 28.6 Å². The molecule has 0 amide bonds. The van der Waals surface area contributed by atoms with E-state index in [-0.39, 0.29) is 77.1 Å². The SMILES string of the molecule is COC(=O)CC[C@@H](C)[C@H]1CC[C@H]2[C@@H]3[C@H](OC(=O)c4cc5ccc6cccc7ccc(c4)c5c67)C[C@@H]4C[C@H](N)CC[C@]4(C)[C@H]3C[C@H](OC(=O)c3cc4ccc5cccc6ccc(c3)c4c56)[C@]12C. The predicted octanol–water partition coefficient (Wildman–Crippen LogP) is 13.0. The third kappa shape index (κ3) is 6.28. The standard InChI is InChI=1S/C59H59NO6/c1-32(11-22-50(61)64-4)45-20-21-46-55-47(31-49(59(45,46)3)66-57(63)42-27-39-18-14-35-9-6-10-36-15-19-40(28-42)54(39)52(35)36)58(2)24-23-44(60)29-43(58)30-48(55)65-56(62)41-25-37-16-12-33-7-5-8-34-13-17-38(26-41)53(37)51(33)34/h5-10,12-19,25-28,32,43-49,55H,11,20-24,29-31,60H2,1-4H3/t32-,43+,44-,45-,46+,47+,48-,49+,55+,58+,59-/m1/s1. The molecule has 0 heterocycles. The van der Waals surface area contributed by atoms with Gasteiger partial charge in [-0.3, -0.25) is 4.79 Å². The van der Waals surface area contributed by atoms with Crippen LogP contribution in [-0.2, 0) is 19.0 Å². The third-order valence-electron chi connectivity index (χ3n) is 18.5. The summed E-state index contributed by atoms with van der Waals surface area (Å²) < 4.78 is 19.1. The molecule has 0 spiro atoms. The van der Waals surface area contributed by atoms with E-state index in [9.17, 15) is 14.4 Å². The van der Waals surface area contributed by atoms with Gasteiger partial charge in [-0.1, -0.05) is 106 Å². The molecule has 2 N–H and O–H groups in total. The van der Waals surface area contributed by atoms with E-state index in [2.05, 4.69) is 106 Å². The minimum atomic E-state index is -0.432. The van der Waals surface area contributed by atoms with E-state index in [1.807, 2.05) is 24.3 Å². The number of esters is 3. The molecule has 4 aliphatic rings. The Balaban J connectivity index is 0.924. The molecule has 0 aromatic heterocycles. The zero-order chi connectivity index (χ0) is 45.2. The normalized spacial score (nSPS) is 30.1. The second-order valence-electron chi connectivity index (χ2n) is 21.5. The van der Waals surface area contributed by atoms with E-state index in [1.54, 1.807) is 0 Å². The van der Waals surface area contributed by atoms with Gasteiger partial charge in [0, 0.05) is 23.8 Å². The Morgan fingerprint density at radius 2 is 1.14 bits per heavy atom. The first-order valence-electron chi connectivity index (χ1n) is 24.5. The quantitative estimate of drug-likeness (QED) is 0.0920. The summed E-state index contributed by atoms with van der Waals surface area (Å²) in [5, 5.41) is 13.7. The van der Waals surface area contributed by atoms with E-state index in [4.69, 9.17) is 19.9 Å². The fourth-order valence-corrected chi connectivity index (χ4v) is 15.2. The molecule has 8 aromatic rings. The van der Waals surface area contributed by atoms with Gasteiger partial charge in [0.25, 0.3) is 0 Å². The van der Waals surface area contributed by atoms with Gasteiger partial charge < -0.3 is 19.9 Å². The zero-order valence-corrected chi connectivity index (χ0v) is 38.5. The molecular formula is C59H59NO6. The molecule has 11 atom stereocenters. The summed E-state index contributed by atoms with van der Waals surface area (Å²) in [6.07, 6.45) is 6.52. The Labute approximate surface area is 386 Å². The third-order valence-corrected chi connectivity index (χ3v) is 18.5. The van der Waals surface area contributed by atoms with Crippen molar-refractivity contribution in [2.45, 2.75) is 96.8 Å². The highest BCUT2D eigenvalue weighted by Gasteiger charge is 2.67. The maximum atomic E-state index is 14.9. The second kappa shape index (κ2) is 15.4. The lowest BCUT2D eigenvalue weighted by Crippen LogP contribution is -2.63. The zero-order valence-electron chi connectivity index (χ0n) is 38.5. The van der Waals surface area contributed by atoms with Gasteiger partial charge in [-0.05, 0) is 175 Å². The van der Waals surface area contributed by atoms with Crippen molar-refractivity contribution in [1.29, 1.82) is 0 Å². The Bertz CT molecular complexity index is 3100. The molecule has 7 nitrogen and oxygen atoms in total. The fraction of sp³-hybridized carbons (Fsp3) is 0.407. The summed E-state index contributed by atoms with van der Waals surface area (Å²) >= 11 is 0. The minimum absolute atomic E-state index is 0.0582. The molecule has 4 saturated carbocycles. The Kier molecular flexibility index (Phi) is 9.70. The lowest BCUT2D eigenvalue weighted by atomic mass is 9.43. The summed E-state index contributed by atoms with van der Waals surface area (Å²) in [7, 11) is 1.45. The van der Waals surface area contributed by atoms with Crippen molar-refractivity contribution in [3.8, 4) is 0 Å². The van der Waals surface area contributed by atoms with Crippen molar-refractivity contribution in [1.82, 2.24) is 0 Å². The van der Waals surface area contributed by atoms with Crippen LogP contribution in [0, 0.1) is 46.3 Å². The number of carbonyl (C=O) groups excluding carboxylic acids is 3. The summed E-state index contributed by atoms with van der Waals surface area (Å²) in [5.41, 5.74) is 7.43. The van der Waals surface area contributed by atoms with Crippen LogP contribution in [0.15, 0.2) is 109 Å².